The fraction of sp³-hybridized carbons (Fsp3) is 0.773. The number of allylic oxidation sites excluding steroid dienone is 13. The highest BCUT2D eigenvalue weighted by Crippen LogP contribution is 2.66. The van der Waals surface area contributed by atoms with Crippen molar-refractivity contribution in [3.8, 4) is 0 Å². The molecule has 2 spiro atoms. The molecule has 0 aromatic carbocycles. The third-order valence-electron chi connectivity index (χ3n) is 25.2. The molecule has 0 bridgehead atoms. The van der Waals surface area contributed by atoms with Gasteiger partial charge in [0, 0.05) is 41.4 Å². The van der Waals surface area contributed by atoms with Crippen molar-refractivity contribution in [2.45, 2.75) is 362 Å². The van der Waals surface area contributed by atoms with Gasteiger partial charge in [-0.25, -0.2) is 0 Å². The van der Waals surface area contributed by atoms with Crippen LogP contribution in [0.15, 0.2) is 92.7 Å². The second kappa shape index (κ2) is 44.7. The summed E-state index contributed by atoms with van der Waals surface area (Å²) in [4.78, 5) is 51.6. The van der Waals surface area contributed by atoms with Gasteiger partial charge in [-0.15, -0.1) is 0 Å². The summed E-state index contributed by atoms with van der Waals surface area (Å²) in [6.07, 6.45) is 52.6. The standard InChI is InChI=1S/C88H144O12/c1-11-13-15-17-19-21-23-25-27-29-31-44-80(93)99-60-36-42-77-72(68(7)63-90)47-54-84(9,97)87(77)57-49-74(82(87)95)71(65-92)41-35-53-86(52-34-39-67(5)6)56-46-70(40-33-38-66(3)4)62-79(86)75(51-59-89)76-50-58-88(83(76)96)78(73(69(8)64-91)48-55-85(88,10)98)43-37-61-100-81(94)45-32-30-28-26-24-22-20-18-16-14-12-2/h35,38-39,41,51,53,62-64,74,76-79,82-83,89,92,95-98H,11-34,36-37,40,42-50,52,54-61,65H2,1-10H3/b53-35+,71-41-,72-68-,73-69-,75-51-/t74-,76-,77+,78+,79+,82?,83+,84-,85-,86-,87-,88-/m0/s1. The summed E-state index contributed by atoms with van der Waals surface area (Å²) in [6, 6.07) is 0. The van der Waals surface area contributed by atoms with Crippen LogP contribution < -0.4 is 0 Å². The number of aliphatic hydroxyl groups is 6. The Bertz CT molecular complexity index is 2740. The van der Waals surface area contributed by atoms with Crippen LogP contribution in [0.2, 0.25) is 0 Å². The van der Waals surface area contributed by atoms with Gasteiger partial charge < -0.3 is 40.1 Å². The van der Waals surface area contributed by atoms with E-state index in [1.54, 1.807) is 0 Å². The molecule has 4 saturated carbocycles. The molecule has 0 radical (unpaired) electrons. The molecular weight excluding hydrogens is 1250 g/mol. The van der Waals surface area contributed by atoms with Crippen LogP contribution in [-0.4, -0.2) is 105 Å². The molecule has 5 aliphatic carbocycles. The lowest BCUT2D eigenvalue weighted by atomic mass is 9.52. The van der Waals surface area contributed by atoms with E-state index < -0.39 is 51.5 Å². The van der Waals surface area contributed by atoms with Crippen molar-refractivity contribution in [3.63, 3.8) is 0 Å². The molecule has 0 aromatic heterocycles. The lowest BCUT2D eigenvalue weighted by molar-refractivity contribution is -0.168. The van der Waals surface area contributed by atoms with Crippen LogP contribution in [-0.2, 0) is 28.7 Å². The maximum absolute atomic E-state index is 13.6. The van der Waals surface area contributed by atoms with Crippen molar-refractivity contribution in [2.24, 2.45) is 45.8 Å². The minimum atomic E-state index is -1.32. The van der Waals surface area contributed by atoms with Crippen molar-refractivity contribution < 1.29 is 59.3 Å². The molecule has 0 heterocycles. The topological polar surface area (TPSA) is 208 Å². The summed E-state index contributed by atoms with van der Waals surface area (Å²) in [5.74, 6) is -2.41. The van der Waals surface area contributed by atoms with E-state index in [-0.39, 0.29) is 56.1 Å². The van der Waals surface area contributed by atoms with Gasteiger partial charge in [0.25, 0.3) is 0 Å². The zero-order chi connectivity index (χ0) is 73.2. The Morgan fingerprint density at radius 1 is 0.540 bits per heavy atom. The second-order valence-corrected chi connectivity index (χ2v) is 32.7. The average Bonchev–Trinajstić information content (AvgIpc) is 1.48. The van der Waals surface area contributed by atoms with Gasteiger partial charge in [0.05, 0.1) is 49.8 Å². The Morgan fingerprint density at radius 2 is 0.970 bits per heavy atom. The summed E-state index contributed by atoms with van der Waals surface area (Å²) in [6.45, 7) is 20.1. The number of aliphatic hydroxyl groups excluding tert-OH is 4. The Kier molecular flexibility index (Phi) is 38.7. The zero-order valence-electron chi connectivity index (χ0n) is 64.9. The predicted molar refractivity (Wildman–Crippen MR) is 409 cm³/mol. The van der Waals surface area contributed by atoms with Gasteiger partial charge in [-0.3, -0.25) is 19.2 Å². The van der Waals surface area contributed by atoms with Crippen LogP contribution >= 0.6 is 0 Å². The molecule has 6 N–H and O–H groups in total. The van der Waals surface area contributed by atoms with E-state index in [9.17, 15) is 49.8 Å². The monoisotopic (exact) mass is 1390 g/mol. The Morgan fingerprint density at radius 3 is 1.40 bits per heavy atom. The maximum atomic E-state index is 13.6. The number of esters is 2. The van der Waals surface area contributed by atoms with Crippen molar-refractivity contribution in [1.82, 2.24) is 0 Å². The Balaban J connectivity index is 1.43. The number of hydrogen-bond donors (Lipinski definition) is 6. The Hall–Kier alpha value is -4.04. The zero-order valence-corrected chi connectivity index (χ0v) is 64.9. The average molecular weight is 1390 g/mol. The van der Waals surface area contributed by atoms with Gasteiger partial charge in [-0.05, 0) is 218 Å². The summed E-state index contributed by atoms with van der Waals surface area (Å²) >= 11 is 0. The normalized spacial score (nSPS) is 29.7. The van der Waals surface area contributed by atoms with Crippen molar-refractivity contribution >= 4 is 24.5 Å². The molecule has 1 unspecified atom stereocenters. The van der Waals surface area contributed by atoms with Crippen LogP contribution in [0.3, 0.4) is 0 Å². The predicted octanol–water partition coefficient (Wildman–Crippen LogP) is 20.1. The lowest BCUT2D eigenvalue weighted by Crippen LogP contribution is -2.59. The van der Waals surface area contributed by atoms with E-state index in [0.29, 0.717) is 107 Å². The minimum Gasteiger partial charge on any atom is -0.466 e. The summed E-state index contributed by atoms with van der Waals surface area (Å²) in [5, 5.41) is 75.1. The number of unbranched alkanes of at least 4 members (excludes halogenated alkanes) is 20. The molecule has 5 aliphatic rings. The first-order chi connectivity index (χ1) is 48.0. The molecule has 0 aromatic rings. The molecular formula is C88H144O12. The van der Waals surface area contributed by atoms with E-state index in [1.807, 2.05) is 39.8 Å². The number of hydrogen-bond acceptors (Lipinski definition) is 12. The van der Waals surface area contributed by atoms with Crippen LogP contribution in [0.25, 0.3) is 0 Å². The number of ether oxygens (including phenoxy) is 2. The van der Waals surface area contributed by atoms with Gasteiger partial charge >= 0.3 is 11.9 Å². The molecule has 568 valence electrons. The summed E-state index contributed by atoms with van der Waals surface area (Å²) < 4.78 is 11.7. The second-order valence-electron chi connectivity index (χ2n) is 32.7. The molecule has 12 atom stereocenters. The van der Waals surface area contributed by atoms with Crippen LogP contribution in [0, 0.1) is 45.8 Å². The SMILES string of the molecule is CCCCCCCCCCCCCC(=O)OCCC[C@@H]1/C(=C(/C)C=O)CC[C@](C)(O)[C@@]12CC[C@@H](/C(=C/CO)[C@H]1C=C(CCC=C(C)C)CC[C@@]1(/C=C/C=C(/CO)[C@@H]1CC[C@@]3(C1O)[C@H](CCCOC(=O)CCCCCCCCCCCCC)/C(=C(/C)C=O)CC[C@]3(C)O)CCC=C(C)C)[C@H]2O. The first-order valence-electron chi connectivity index (χ1n) is 40.7. The molecule has 0 saturated heterocycles. The van der Waals surface area contributed by atoms with E-state index in [4.69, 9.17) is 9.47 Å². The van der Waals surface area contributed by atoms with Crippen LogP contribution in [0.1, 0.15) is 339 Å². The van der Waals surface area contributed by atoms with Crippen molar-refractivity contribution in [2.75, 3.05) is 26.4 Å². The maximum Gasteiger partial charge on any atom is 0.305 e. The van der Waals surface area contributed by atoms with E-state index >= 15 is 0 Å². The van der Waals surface area contributed by atoms with Gasteiger partial charge in [0.2, 0.25) is 0 Å². The number of carbonyl (C=O) groups excluding carboxylic acids is 4. The third-order valence-corrected chi connectivity index (χ3v) is 25.2. The first kappa shape index (κ1) is 86.6. The van der Waals surface area contributed by atoms with Gasteiger partial charge in [0.15, 0.2) is 0 Å². The minimum absolute atomic E-state index is 0.204. The van der Waals surface area contributed by atoms with Crippen LogP contribution in [0.4, 0.5) is 0 Å². The largest absolute Gasteiger partial charge is 0.466 e. The molecule has 100 heavy (non-hydrogen) atoms. The Labute approximate surface area is 608 Å². The molecule has 12 heteroatoms. The quantitative estimate of drug-likeness (QED) is 0.00840. The highest BCUT2D eigenvalue weighted by molar-refractivity contribution is 5.74. The van der Waals surface area contributed by atoms with E-state index in [1.165, 1.54) is 119 Å². The molecule has 5 rings (SSSR count). The van der Waals surface area contributed by atoms with E-state index in [2.05, 4.69) is 71.9 Å². The number of aldehydes is 2. The highest BCUT2D eigenvalue weighted by Gasteiger charge is 2.66. The molecule has 0 aliphatic heterocycles. The lowest BCUT2D eigenvalue weighted by Gasteiger charge is -2.56. The van der Waals surface area contributed by atoms with Gasteiger partial charge in [-0.1, -0.05) is 218 Å². The highest BCUT2D eigenvalue weighted by atomic mass is 16.5. The van der Waals surface area contributed by atoms with Crippen molar-refractivity contribution in [1.29, 1.82) is 0 Å². The first-order valence-corrected chi connectivity index (χ1v) is 40.7. The van der Waals surface area contributed by atoms with Gasteiger partial charge in [0.1, 0.15) is 12.6 Å². The third kappa shape index (κ3) is 24.3. The number of carbonyl (C=O) groups is 4. The van der Waals surface area contributed by atoms with Crippen molar-refractivity contribution in [3.05, 3.63) is 92.7 Å². The molecule has 4 fully saturated rings. The fourth-order valence-electron chi connectivity index (χ4n) is 19.3. The molecule has 0 amide bonds. The molecule has 12 nitrogen and oxygen atoms in total. The van der Waals surface area contributed by atoms with Crippen LogP contribution in [0.5, 0.6) is 0 Å². The fourth-order valence-corrected chi connectivity index (χ4v) is 19.3. The van der Waals surface area contributed by atoms with Gasteiger partial charge in [-0.2, -0.15) is 0 Å². The number of rotatable bonds is 47. The smallest absolute Gasteiger partial charge is 0.305 e. The van der Waals surface area contributed by atoms with E-state index in [0.717, 1.165) is 106 Å². The summed E-state index contributed by atoms with van der Waals surface area (Å²) in [7, 11) is 0. The summed E-state index contributed by atoms with van der Waals surface area (Å²) in [5.41, 5.74) is 3.14.